The van der Waals surface area contributed by atoms with Crippen LogP contribution >= 0.6 is 31.9 Å². The fourth-order valence-corrected chi connectivity index (χ4v) is 3.89. The molecule has 0 spiro atoms. The van der Waals surface area contributed by atoms with Gasteiger partial charge in [-0.3, -0.25) is 4.79 Å². The van der Waals surface area contributed by atoms with Gasteiger partial charge >= 0.3 is 0 Å². The summed E-state index contributed by atoms with van der Waals surface area (Å²) in [6.07, 6.45) is 1.67. The molecule has 0 aliphatic rings. The van der Waals surface area contributed by atoms with Crippen molar-refractivity contribution in [3.63, 3.8) is 0 Å². The number of nitrogens with zero attached hydrogens (tertiary/aromatic N) is 3. The van der Waals surface area contributed by atoms with Gasteiger partial charge in [-0.2, -0.15) is 9.78 Å². The van der Waals surface area contributed by atoms with Gasteiger partial charge in [0, 0.05) is 14.4 Å². The number of hydrogen-bond acceptors (Lipinski definition) is 4. The molecular formula is C26H23Br2N3O2. The van der Waals surface area contributed by atoms with E-state index in [1.165, 1.54) is 4.68 Å². The van der Waals surface area contributed by atoms with E-state index in [1.807, 2.05) is 81.4 Å². The Morgan fingerprint density at radius 3 is 2.30 bits per heavy atom. The van der Waals surface area contributed by atoms with Crippen LogP contribution in [0, 0.1) is 0 Å². The Bertz CT molecular complexity index is 1370. The molecule has 3 aromatic carbocycles. The highest BCUT2D eigenvalue weighted by molar-refractivity contribution is 9.10. The van der Waals surface area contributed by atoms with Crippen LogP contribution in [0.1, 0.15) is 37.7 Å². The molecule has 0 fully saturated rings. The number of ether oxygens (including phenoxy) is 1. The molecule has 33 heavy (non-hydrogen) atoms. The molecule has 0 atom stereocenters. The van der Waals surface area contributed by atoms with E-state index in [4.69, 9.17) is 9.72 Å². The average molecular weight is 569 g/mol. The van der Waals surface area contributed by atoms with E-state index < -0.39 is 0 Å². The molecule has 0 bridgehead atoms. The van der Waals surface area contributed by atoms with Crippen molar-refractivity contribution in [3.05, 3.63) is 103 Å². The Kier molecular flexibility index (Phi) is 6.81. The van der Waals surface area contributed by atoms with Crippen molar-refractivity contribution >= 4 is 49.0 Å². The monoisotopic (exact) mass is 567 g/mol. The minimum Gasteiger partial charge on any atom is -0.489 e. The molecular weight excluding hydrogens is 546 g/mol. The lowest BCUT2D eigenvalue weighted by Gasteiger charge is -2.20. The maximum atomic E-state index is 13.2. The average Bonchev–Trinajstić information content (AvgIpc) is 2.78. The van der Waals surface area contributed by atoms with E-state index in [0.717, 1.165) is 25.8 Å². The van der Waals surface area contributed by atoms with Crippen LogP contribution in [0.3, 0.4) is 0 Å². The molecule has 4 aromatic rings. The van der Waals surface area contributed by atoms with Crippen LogP contribution in [0.25, 0.3) is 10.9 Å². The number of aromatic nitrogens is 2. The maximum absolute atomic E-state index is 13.2. The van der Waals surface area contributed by atoms with Gasteiger partial charge < -0.3 is 4.74 Å². The SMILES string of the molecule is CC(C)(C)c1nc2ccc(Br)cc2c(=O)n1N=Cc1ccc(OCc2ccc(Br)cc2)cc1. The molecule has 0 saturated carbocycles. The molecule has 4 rings (SSSR count). The number of fused-ring (bicyclic) bond motifs is 1. The molecule has 0 saturated heterocycles. The first kappa shape index (κ1) is 23.4. The quantitative estimate of drug-likeness (QED) is 0.252. The predicted octanol–water partition coefficient (Wildman–Crippen LogP) is 6.68. The number of hydrogen-bond donors (Lipinski definition) is 0. The zero-order valence-corrected chi connectivity index (χ0v) is 21.7. The summed E-state index contributed by atoms with van der Waals surface area (Å²) >= 11 is 6.87. The highest BCUT2D eigenvalue weighted by atomic mass is 79.9. The van der Waals surface area contributed by atoms with Gasteiger partial charge in [-0.25, -0.2) is 4.98 Å². The lowest BCUT2D eigenvalue weighted by atomic mass is 9.95. The third-order valence-corrected chi connectivity index (χ3v) is 6.02. The first-order valence-corrected chi connectivity index (χ1v) is 12.0. The van der Waals surface area contributed by atoms with Crippen LogP contribution < -0.4 is 10.3 Å². The van der Waals surface area contributed by atoms with Gasteiger partial charge in [0.2, 0.25) is 0 Å². The second kappa shape index (κ2) is 9.61. The van der Waals surface area contributed by atoms with Crippen molar-refractivity contribution in [2.45, 2.75) is 32.8 Å². The highest BCUT2D eigenvalue weighted by Crippen LogP contribution is 2.23. The topological polar surface area (TPSA) is 56.5 Å². The summed E-state index contributed by atoms with van der Waals surface area (Å²) in [5.74, 6) is 1.37. The summed E-state index contributed by atoms with van der Waals surface area (Å²) in [6, 6.07) is 21.1. The molecule has 168 valence electrons. The van der Waals surface area contributed by atoms with Crippen LogP contribution in [0.2, 0.25) is 0 Å². The Balaban J connectivity index is 1.59. The highest BCUT2D eigenvalue weighted by Gasteiger charge is 2.22. The predicted molar refractivity (Wildman–Crippen MR) is 140 cm³/mol. The summed E-state index contributed by atoms with van der Waals surface area (Å²) in [5.41, 5.74) is 2.05. The van der Waals surface area contributed by atoms with Gasteiger partial charge in [-0.05, 0) is 65.7 Å². The Labute approximate surface area is 209 Å². The van der Waals surface area contributed by atoms with Crippen LogP contribution in [0.5, 0.6) is 5.75 Å². The number of rotatable bonds is 5. The molecule has 0 aliphatic carbocycles. The molecule has 1 heterocycles. The van der Waals surface area contributed by atoms with Crippen molar-refractivity contribution in [2.24, 2.45) is 5.10 Å². The molecule has 0 amide bonds. The summed E-state index contributed by atoms with van der Waals surface area (Å²) < 4.78 is 9.12. The second-order valence-corrected chi connectivity index (χ2v) is 10.5. The van der Waals surface area contributed by atoms with E-state index in [0.29, 0.717) is 23.3 Å². The first-order valence-electron chi connectivity index (χ1n) is 10.5. The normalized spacial score (nSPS) is 11.9. The third-order valence-electron chi connectivity index (χ3n) is 5.00. The minimum absolute atomic E-state index is 0.197. The van der Waals surface area contributed by atoms with E-state index >= 15 is 0 Å². The standard InChI is InChI=1S/C26H23Br2N3O2/c1-26(2,3)25-30-23-13-10-20(28)14-22(23)24(32)31(25)29-15-17-6-11-21(12-7-17)33-16-18-4-8-19(27)9-5-18/h4-15H,16H2,1-3H3. The minimum atomic E-state index is -0.359. The van der Waals surface area contributed by atoms with Gasteiger partial charge in [0.15, 0.2) is 0 Å². The van der Waals surface area contributed by atoms with Crippen LogP contribution in [-0.2, 0) is 12.0 Å². The molecule has 0 aliphatic heterocycles. The van der Waals surface area contributed by atoms with Crippen molar-refractivity contribution in [1.29, 1.82) is 0 Å². The Morgan fingerprint density at radius 1 is 0.970 bits per heavy atom. The second-order valence-electron chi connectivity index (χ2n) is 8.69. The lowest BCUT2D eigenvalue weighted by molar-refractivity contribution is 0.306. The van der Waals surface area contributed by atoms with Crippen molar-refractivity contribution in [3.8, 4) is 5.75 Å². The molecule has 0 N–H and O–H groups in total. The Hall–Kier alpha value is -2.77. The third kappa shape index (κ3) is 5.60. The fourth-order valence-electron chi connectivity index (χ4n) is 3.26. The molecule has 0 radical (unpaired) electrons. The summed E-state index contributed by atoms with van der Waals surface area (Å²) in [4.78, 5) is 18.0. The van der Waals surface area contributed by atoms with Gasteiger partial charge in [0.1, 0.15) is 18.2 Å². The van der Waals surface area contributed by atoms with Gasteiger partial charge in [0.25, 0.3) is 5.56 Å². The summed E-state index contributed by atoms with van der Waals surface area (Å²) in [7, 11) is 0. The summed E-state index contributed by atoms with van der Waals surface area (Å²) in [5, 5.41) is 5.03. The number of halogens is 2. The van der Waals surface area contributed by atoms with Crippen molar-refractivity contribution in [2.75, 3.05) is 0 Å². The largest absolute Gasteiger partial charge is 0.489 e. The van der Waals surface area contributed by atoms with E-state index in [9.17, 15) is 4.79 Å². The van der Waals surface area contributed by atoms with Crippen LogP contribution in [0.4, 0.5) is 0 Å². The number of benzene rings is 3. The Morgan fingerprint density at radius 2 is 1.64 bits per heavy atom. The van der Waals surface area contributed by atoms with Crippen molar-refractivity contribution in [1.82, 2.24) is 9.66 Å². The fraction of sp³-hybridized carbons (Fsp3) is 0.192. The van der Waals surface area contributed by atoms with Crippen LogP contribution in [-0.4, -0.2) is 15.9 Å². The molecule has 7 heteroatoms. The van der Waals surface area contributed by atoms with E-state index in [-0.39, 0.29) is 11.0 Å². The zero-order chi connectivity index (χ0) is 23.6. The molecule has 0 unspecified atom stereocenters. The first-order chi connectivity index (χ1) is 15.7. The van der Waals surface area contributed by atoms with E-state index in [1.54, 1.807) is 12.3 Å². The lowest BCUT2D eigenvalue weighted by Crippen LogP contribution is -2.29. The van der Waals surface area contributed by atoms with Crippen LogP contribution in [0.15, 0.2) is 85.6 Å². The molecule has 1 aromatic heterocycles. The van der Waals surface area contributed by atoms with Gasteiger partial charge in [-0.1, -0.05) is 64.8 Å². The maximum Gasteiger partial charge on any atom is 0.282 e. The van der Waals surface area contributed by atoms with Gasteiger partial charge in [0.05, 0.1) is 17.1 Å². The smallest absolute Gasteiger partial charge is 0.282 e. The van der Waals surface area contributed by atoms with Crippen molar-refractivity contribution < 1.29 is 4.74 Å². The summed E-state index contributed by atoms with van der Waals surface area (Å²) in [6.45, 7) is 6.54. The van der Waals surface area contributed by atoms with E-state index in [2.05, 4.69) is 37.0 Å². The van der Waals surface area contributed by atoms with Gasteiger partial charge in [-0.15, -0.1) is 0 Å². The molecule has 5 nitrogen and oxygen atoms in total. The zero-order valence-electron chi connectivity index (χ0n) is 18.5.